The summed E-state index contributed by atoms with van der Waals surface area (Å²) in [5, 5.41) is 0. The largest absolute Gasteiger partial charge is 0.573 e. The molecule has 0 aromatic heterocycles. The number of sulfonamides is 1. The molecule has 1 aliphatic carbocycles. The van der Waals surface area contributed by atoms with Crippen LogP contribution >= 0.6 is 0 Å². The van der Waals surface area contributed by atoms with Crippen LogP contribution in [0.5, 0.6) is 5.75 Å². The van der Waals surface area contributed by atoms with Gasteiger partial charge >= 0.3 is 6.36 Å². The van der Waals surface area contributed by atoms with Gasteiger partial charge in [-0.25, -0.2) is 13.1 Å². The van der Waals surface area contributed by atoms with Crippen LogP contribution in [0.1, 0.15) is 40.0 Å². The summed E-state index contributed by atoms with van der Waals surface area (Å²) >= 11 is 0. The quantitative estimate of drug-likeness (QED) is 0.875. The van der Waals surface area contributed by atoms with E-state index in [2.05, 4.69) is 30.2 Å². The summed E-state index contributed by atoms with van der Waals surface area (Å²) in [6.45, 7) is 6.44. The molecule has 1 aliphatic rings. The van der Waals surface area contributed by atoms with E-state index in [1.807, 2.05) is 0 Å². The van der Waals surface area contributed by atoms with Crippen molar-refractivity contribution in [1.82, 2.24) is 4.72 Å². The van der Waals surface area contributed by atoms with Crippen LogP contribution in [0.3, 0.4) is 0 Å². The third-order valence-electron chi connectivity index (χ3n) is 4.80. The van der Waals surface area contributed by atoms with E-state index in [0.29, 0.717) is 5.92 Å². The van der Waals surface area contributed by atoms with Crippen molar-refractivity contribution in [2.45, 2.75) is 57.3 Å². The lowest BCUT2D eigenvalue weighted by Gasteiger charge is -2.40. The van der Waals surface area contributed by atoms with Crippen molar-refractivity contribution < 1.29 is 26.3 Å². The van der Waals surface area contributed by atoms with Crippen molar-refractivity contribution in [2.75, 3.05) is 0 Å². The first-order valence-corrected chi connectivity index (χ1v) is 9.25. The first kappa shape index (κ1) is 19.1. The number of nitrogens with one attached hydrogen (secondary N) is 1. The Morgan fingerprint density at radius 2 is 1.79 bits per heavy atom. The molecule has 0 amide bonds. The summed E-state index contributed by atoms with van der Waals surface area (Å²) in [5.74, 6) is -0.0731. The molecule has 0 bridgehead atoms. The second kappa shape index (κ2) is 6.55. The van der Waals surface area contributed by atoms with Crippen LogP contribution in [0.25, 0.3) is 0 Å². The van der Waals surface area contributed by atoms with E-state index in [4.69, 9.17) is 0 Å². The Morgan fingerprint density at radius 3 is 2.29 bits per heavy atom. The first-order chi connectivity index (χ1) is 10.9. The van der Waals surface area contributed by atoms with Crippen LogP contribution in [0.4, 0.5) is 13.2 Å². The van der Waals surface area contributed by atoms with Gasteiger partial charge in [0.15, 0.2) is 0 Å². The molecule has 0 radical (unpaired) electrons. The maximum Gasteiger partial charge on any atom is 0.573 e. The van der Waals surface area contributed by atoms with Crippen molar-refractivity contribution in [3.63, 3.8) is 0 Å². The summed E-state index contributed by atoms with van der Waals surface area (Å²) in [7, 11) is -3.77. The standard InChI is InChI=1S/C16H22F3NO3S/c1-11-10-12(8-9-15(11,2)3)20-24(21,22)14-6-4-13(5-7-14)23-16(17,18)19/h4-7,11-12,20H,8-10H2,1-3H3/t11?,12-/m1/s1. The highest BCUT2D eigenvalue weighted by Crippen LogP contribution is 2.40. The van der Waals surface area contributed by atoms with Gasteiger partial charge in [0.2, 0.25) is 10.0 Å². The molecule has 24 heavy (non-hydrogen) atoms. The summed E-state index contributed by atoms with van der Waals surface area (Å²) in [4.78, 5) is -0.0745. The summed E-state index contributed by atoms with van der Waals surface area (Å²) in [6.07, 6.45) is -2.41. The predicted octanol–water partition coefficient (Wildman–Crippen LogP) is 4.08. The molecule has 1 fully saturated rings. The highest BCUT2D eigenvalue weighted by atomic mass is 32.2. The predicted molar refractivity (Wildman–Crippen MR) is 84.0 cm³/mol. The Labute approximate surface area is 140 Å². The molecule has 1 unspecified atom stereocenters. The topological polar surface area (TPSA) is 55.4 Å². The van der Waals surface area contributed by atoms with E-state index >= 15 is 0 Å². The lowest BCUT2D eigenvalue weighted by Crippen LogP contribution is -2.42. The molecule has 1 aromatic rings. The second-order valence-corrected chi connectivity index (χ2v) is 8.72. The monoisotopic (exact) mass is 365 g/mol. The minimum atomic E-state index is -4.80. The number of hydrogen-bond acceptors (Lipinski definition) is 3. The molecule has 0 aliphatic heterocycles. The molecule has 4 nitrogen and oxygen atoms in total. The summed E-state index contributed by atoms with van der Waals surface area (Å²) in [5.41, 5.74) is 0.179. The van der Waals surface area contributed by atoms with Gasteiger partial charge in [-0.3, -0.25) is 0 Å². The highest BCUT2D eigenvalue weighted by molar-refractivity contribution is 7.89. The van der Waals surface area contributed by atoms with Gasteiger partial charge in [0, 0.05) is 6.04 Å². The fourth-order valence-electron chi connectivity index (χ4n) is 2.87. The van der Waals surface area contributed by atoms with Gasteiger partial charge in [0.05, 0.1) is 4.90 Å². The molecule has 0 heterocycles. The van der Waals surface area contributed by atoms with Crippen LogP contribution < -0.4 is 9.46 Å². The van der Waals surface area contributed by atoms with E-state index < -0.39 is 22.1 Å². The number of alkyl halides is 3. The van der Waals surface area contributed by atoms with E-state index in [-0.39, 0.29) is 16.4 Å². The van der Waals surface area contributed by atoms with Gasteiger partial charge in [-0.2, -0.15) is 0 Å². The highest BCUT2D eigenvalue weighted by Gasteiger charge is 2.35. The molecule has 1 aromatic carbocycles. The Bertz CT molecular complexity index is 669. The van der Waals surface area contributed by atoms with Gasteiger partial charge in [0.25, 0.3) is 0 Å². The van der Waals surface area contributed by atoms with Crippen molar-refractivity contribution in [3.8, 4) is 5.75 Å². The molecule has 8 heteroatoms. The van der Waals surface area contributed by atoms with Gasteiger partial charge in [0.1, 0.15) is 5.75 Å². The minimum Gasteiger partial charge on any atom is -0.406 e. The number of rotatable bonds is 4. The maximum atomic E-state index is 12.4. The van der Waals surface area contributed by atoms with Crippen LogP contribution in [0.2, 0.25) is 0 Å². The fourth-order valence-corrected chi connectivity index (χ4v) is 4.15. The van der Waals surface area contributed by atoms with Gasteiger partial charge in [-0.05, 0) is 54.9 Å². The van der Waals surface area contributed by atoms with Crippen molar-refractivity contribution >= 4 is 10.0 Å². The molecule has 2 atom stereocenters. The number of hydrogen-bond donors (Lipinski definition) is 1. The van der Waals surface area contributed by atoms with E-state index in [9.17, 15) is 21.6 Å². The Kier molecular flexibility index (Phi) is 5.20. The lowest BCUT2D eigenvalue weighted by atomic mass is 9.68. The normalized spacial score (nSPS) is 24.6. The average molecular weight is 365 g/mol. The van der Waals surface area contributed by atoms with Crippen LogP contribution in [-0.2, 0) is 10.0 Å². The van der Waals surface area contributed by atoms with Crippen LogP contribution in [-0.4, -0.2) is 20.8 Å². The number of benzene rings is 1. The van der Waals surface area contributed by atoms with Gasteiger partial charge < -0.3 is 4.74 Å². The van der Waals surface area contributed by atoms with E-state index in [0.717, 1.165) is 43.5 Å². The van der Waals surface area contributed by atoms with Crippen LogP contribution in [0, 0.1) is 11.3 Å². The fraction of sp³-hybridized carbons (Fsp3) is 0.625. The SMILES string of the molecule is CC1C[C@H](NS(=O)(=O)c2ccc(OC(F)(F)F)cc2)CCC1(C)C. The second-order valence-electron chi connectivity index (χ2n) is 7.00. The Hall–Kier alpha value is -1.28. The Balaban J connectivity index is 2.05. The molecule has 0 saturated heterocycles. The summed E-state index contributed by atoms with van der Waals surface area (Å²) in [6, 6.07) is 4.05. The molecular formula is C16H22F3NO3S. The first-order valence-electron chi connectivity index (χ1n) is 7.77. The molecule has 2 rings (SSSR count). The number of halogens is 3. The lowest BCUT2D eigenvalue weighted by molar-refractivity contribution is -0.274. The van der Waals surface area contributed by atoms with Crippen molar-refractivity contribution in [3.05, 3.63) is 24.3 Å². The Morgan fingerprint density at radius 1 is 1.21 bits per heavy atom. The third kappa shape index (κ3) is 4.86. The molecule has 1 N–H and O–H groups in total. The van der Waals surface area contributed by atoms with Gasteiger partial charge in [-0.1, -0.05) is 20.8 Å². The zero-order valence-corrected chi connectivity index (χ0v) is 14.7. The van der Waals surface area contributed by atoms with E-state index in [1.165, 1.54) is 0 Å². The number of ether oxygens (including phenoxy) is 1. The zero-order chi connectivity index (χ0) is 18.2. The average Bonchev–Trinajstić information content (AvgIpc) is 2.42. The van der Waals surface area contributed by atoms with Crippen LogP contribution in [0.15, 0.2) is 29.2 Å². The minimum absolute atomic E-state index is 0.0745. The van der Waals surface area contributed by atoms with E-state index in [1.54, 1.807) is 0 Å². The zero-order valence-electron chi connectivity index (χ0n) is 13.9. The summed E-state index contributed by atoms with van der Waals surface area (Å²) < 4.78 is 67.6. The smallest absolute Gasteiger partial charge is 0.406 e. The molecular weight excluding hydrogens is 343 g/mol. The third-order valence-corrected chi connectivity index (χ3v) is 6.34. The van der Waals surface area contributed by atoms with Crippen molar-refractivity contribution in [1.29, 1.82) is 0 Å². The molecule has 136 valence electrons. The maximum absolute atomic E-state index is 12.4. The van der Waals surface area contributed by atoms with Gasteiger partial charge in [-0.15, -0.1) is 13.2 Å². The molecule has 0 spiro atoms. The molecule has 1 saturated carbocycles. The van der Waals surface area contributed by atoms with Crippen molar-refractivity contribution in [2.24, 2.45) is 11.3 Å².